The minimum atomic E-state index is -0.477. The van der Waals surface area contributed by atoms with E-state index in [9.17, 15) is 9.90 Å². The Balaban J connectivity index is 2.29. The molecule has 6 heteroatoms. The van der Waals surface area contributed by atoms with Gasteiger partial charge in [-0.3, -0.25) is 4.79 Å². The summed E-state index contributed by atoms with van der Waals surface area (Å²) in [5.41, 5.74) is 0.435. The first-order chi connectivity index (χ1) is 11.6. The van der Waals surface area contributed by atoms with E-state index in [1.807, 2.05) is 20.8 Å². The lowest BCUT2D eigenvalue weighted by atomic mass is 10.1. The number of ether oxygens (including phenoxy) is 3. The first kappa shape index (κ1) is 18.4. The van der Waals surface area contributed by atoms with Gasteiger partial charge in [0.25, 0.3) is 5.91 Å². The van der Waals surface area contributed by atoms with Gasteiger partial charge in [0.2, 0.25) is 5.75 Å². The summed E-state index contributed by atoms with van der Waals surface area (Å²) in [7, 11) is 0. The molecule has 1 aliphatic carbocycles. The maximum Gasteiger partial charge on any atom is 0.251 e. The molecule has 2 unspecified atom stereocenters. The molecule has 1 aromatic carbocycles. The van der Waals surface area contributed by atoms with Gasteiger partial charge in [-0.15, -0.1) is 0 Å². The summed E-state index contributed by atoms with van der Waals surface area (Å²) in [5, 5.41) is 12.8. The van der Waals surface area contributed by atoms with Crippen LogP contribution in [-0.2, 0) is 0 Å². The molecular weight excluding hydrogens is 310 g/mol. The van der Waals surface area contributed by atoms with Gasteiger partial charge in [0.05, 0.1) is 32.0 Å². The Hall–Kier alpha value is -1.95. The molecular formula is C18H27NO5. The van der Waals surface area contributed by atoms with Crippen LogP contribution in [0.15, 0.2) is 12.1 Å². The summed E-state index contributed by atoms with van der Waals surface area (Å²) in [6, 6.07) is 3.12. The Kier molecular flexibility index (Phi) is 6.73. The number of carbonyl (C=O) groups excluding carboxylic acids is 1. The highest BCUT2D eigenvalue weighted by atomic mass is 16.5. The number of benzene rings is 1. The van der Waals surface area contributed by atoms with Gasteiger partial charge in [-0.1, -0.05) is 0 Å². The third-order valence-electron chi connectivity index (χ3n) is 3.97. The average molecular weight is 337 g/mol. The Morgan fingerprint density at radius 1 is 1.08 bits per heavy atom. The number of aliphatic hydroxyl groups is 1. The summed E-state index contributed by atoms with van der Waals surface area (Å²) in [4.78, 5) is 12.6. The van der Waals surface area contributed by atoms with E-state index in [1.54, 1.807) is 12.1 Å². The van der Waals surface area contributed by atoms with E-state index in [-0.39, 0.29) is 11.9 Å². The number of rotatable bonds is 8. The average Bonchev–Trinajstić information content (AvgIpc) is 2.95. The van der Waals surface area contributed by atoms with E-state index in [0.29, 0.717) is 42.6 Å². The maximum absolute atomic E-state index is 12.6. The van der Waals surface area contributed by atoms with E-state index in [2.05, 4.69) is 5.32 Å². The molecule has 0 aromatic heterocycles. The topological polar surface area (TPSA) is 77.0 Å². The van der Waals surface area contributed by atoms with Crippen LogP contribution in [0.25, 0.3) is 0 Å². The molecule has 6 nitrogen and oxygen atoms in total. The second-order valence-electron chi connectivity index (χ2n) is 5.68. The van der Waals surface area contributed by atoms with Gasteiger partial charge in [-0.05, 0) is 52.2 Å². The molecule has 1 fully saturated rings. The van der Waals surface area contributed by atoms with E-state index in [0.717, 1.165) is 19.3 Å². The molecule has 0 heterocycles. The first-order valence-electron chi connectivity index (χ1n) is 8.66. The molecule has 2 atom stereocenters. The number of amides is 1. The third-order valence-corrected chi connectivity index (χ3v) is 3.97. The smallest absolute Gasteiger partial charge is 0.251 e. The highest BCUT2D eigenvalue weighted by Gasteiger charge is 2.27. The van der Waals surface area contributed by atoms with Crippen LogP contribution < -0.4 is 19.5 Å². The normalized spacial score (nSPS) is 19.8. The third kappa shape index (κ3) is 4.32. The number of hydrogen-bond donors (Lipinski definition) is 2. The molecule has 0 radical (unpaired) electrons. The van der Waals surface area contributed by atoms with Crippen LogP contribution in [0.3, 0.4) is 0 Å². The Bertz CT molecular complexity index is 533. The quantitative estimate of drug-likeness (QED) is 0.762. The van der Waals surface area contributed by atoms with Gasteiger partial charge >= 0.3 is 0 Å². The van der Waals surface area contributed by atoms with Gasteiger partial charge in [0, 0.05) is 5.56 Å². The molecule has 1 aliphatic rings. The molecule has 0 spiro atoms. The zero-order valence-electron chi connectivity index (χ0n) is 14.6. The monoisotopic (exact) mass is 337 g/mol. The van der Waals surface area contributed by atoms with Gasteiger partial charge < -0.3 is 24.6 Å². The van der Waals surface area contributed by atoms with Crippen LogP contribution in [0.1, 0.15) is 50.4 Å². The molecule has 1 amide bonds. The van der Waals surface area contributed by atoms with Crippen molar-refractivity contribution in [2.24, 2.45) is 0 Å². The summed E-state index contributed by atoms with van der Waals surface area (Å²) in [5.74, 6) is 1.24. The largest absolute Gasteiger partial charge is 0.490 e. The van der Waals surface area contributed by atoms with Crippen molar-refractivity contribution in [3.8, 4) is 17.2 Å². The molecule has 0 saturated heterocycles. The maximum atomic E-state index is 12.6. The van der Waals surface area contributed by atoms with Crippen molar-refractivity contribution in [1.29, 1.82) is 0 Å². The highest BCUT2D eigenvalue weighted by Crippen LogP contribution is 2.39. The second-order valence-corrected chi connectivity index (χ2v) is 5.68. The molecule has 134 valence electrons. The Labute approximate surface area is 143 Å². The van der Waals surface area contributed by atoms with E-state index in [4.69, 9.17) is 14.2 Å². The number of aliphatic hydroxyl groups excluding tert-OH is 1. The molecule has 1 saturated carbocycles. The van der Waals surface area contributed by atoms with Crippen LogP contribution >= 0.6 is 0 Å². The van der Waals surface area contributed by atoms with Crippen molar-refractivity contribution in [2.45, 2.75) is 52.2 Å². The van der Waals surface area contributed by atoms with Crippen molar-refractivity contribution >= 4 is 5.91 Å². The predicted molar refractivity (Wildman–Crippen MR) is 91.1 cm³/mol. The Morgan fingerprint density at radius 3 is 2.12 bits per heavy atom. The lowest BCUT2D eigenvalue weighted by molar-refractivity contribution is 0.0872. The molecule has 0 bridgehead atoms. The first-order valence-corrected chi connectivity index (χ1v) is 8.66. The van der Waals surface area contributed by atoms with Crippen LogP contribution in [0.5, 0.6) is 17.2 Å². The van der Waals surface area contributed by atoms with Crippen LogP contribution in [0.2, 0.25) is 0 Å². The summed E-state index contributed by atoms with van der Waals surface area (Å²) >= 11 is 0. The SMILES string of the molecule is CCOc1cc(C(=O)NC2CCCC2O)cc(OCC)c1OCC. The van der Waals surface area contributed by atoms with E-state index >= 15 is 0 Å². The molecule has 0 aliphatic heterocycles. The molecule has 1 aromatic rings. The zero-order chi connectivity index (χ0) is 17.5. The summed E-state index contributed by atoms with van der Waals surface area (Å²) in [6.45, 7) is 7.01. The van der Waals surface area contributed by atoms with Gasteiger partial charge in [0.15, 0.2) is 11.5 Å². The van der Waals surface area contributed by atoms with Crippen molar-refractivity contribution in [3.05, 3.63) is 17.7 Å². The number of hydrogen-bond acceptors (Lipinski definition) is 5. The second kappa shape index (κ2) is 8.78. The van der Waals surface area contributed by atoms with Crippen LogP contribution in [0, 0.1) is 0 Å². The standard InChI is InChI=1S/C18H27NO5/c1-4-22-15-10-12(11-16(23-5-2)17(15)24-6-3)18(21)19-13-8-7-9-14(13)20/h10-11,13-14,20H,4-9H2,1-3H3,(H,19,21). The van der Waals surface area contributed by atoms with Crippen LogP contribution in [-0.4, -0.2) is 43.0 Å². The van der Waals surface area contributed by atoms with Crippen molar-refractivity contribution in [2.75, 3.05) is 19.8 Å². The number of carbonyl (C=O) groups is 1. The summed E-state index contributed by atoms with van der Waals surface area (Å²) < 4.78 is 16.9. The van der Waals surface area contributed by atoms with Gasteiger partial charge in [-0.25, -0.2) is 0 Å². The van der Waals surface area contributed by atoms with Crippen LogP contribution in [0.4, 0.5) is 0 Å². The number of nitrogens with one attached hydrogen (secondary N) is 1. The van der Waals surface area contributed by atoms with E-state index in [1.165, 1.54) is 0 Å². The predicted octanol–water partition coefficient (Wildman–Crippen LogP) is 2.53. The van der Waals surface area contributed by atoms with Gasteiger partial charge in [0.1, 0.15) is 0 Å². The Morgan fingerprint density at radius 2 is 1.67 bits per heavy atom. The van der Waals surface area contributed by atoms with E-state index < -0.39 is 6.10 Å². The minimum absolute atomic E-state index is 0.199. The van der Waals surface area contributed by atoms with Crippen molar-refractivity contribution in [1.82, 2.24) is 5.32 Å². The fourth-order valence-corrected chi connectivity index (χ4v) is 2.88. The lowest BCUT2D eigenvalue weighted by Crippen LogP contribution is -2.39. The lowest BCUT2D eigenvalue weighted by Gasteiger charge is -2.19. The zero-order valence-corrected chi connectivity index (χ0v) is 14.6. The van der Waals surface area contributed by atoms with Crippen molar-refractivity contribution in [3.63, 3.8) is 0 Å². The molecule has 2 rings (SSSR count). The van der Waals surface area contributed by atoms with Gasteiger partial charge in [-0.2, -0.15) is 0 Å². The molecule has 2 N–H and O–H groups in total. The summed E-state index contributed by atoms with van der Waals surface area (Å²) in [6.07, 6.45) is 1.96. The fourth-order valence-electron chi connectivity index (χ4n) is 2.88. The fraction of sp³-hybridized carbons (Fsp3) is 0.611. The molecule has 24 heavy (non-hydrogen) atoms. The highest BCUT2D eigenvalue weighted by molar-refractivity contribution is 5.95. The van der Waals surface area contributed by atoms with Crippen molar-refractivity contribution < 1.29 is 24.1 Å². The minimum Gasteiger partial charge on any atom is -0.490 e.